The molecule has 0 radical (unpaired) electrons. The van der Waals surface area contributed by atoms with Crippen LogP contribution in [0.25, 0.3) is 0 Å². The normalized spacial score (nSPS) is 14.2. The predicted molar refractivity (Wildman–Crippen MR) is 84.5 cm³/mol. The van der Waals surface area contributed by atoms with E-state index in [9.17, 15) is 23.6 Å². The van der Waals surface area contributed by atoms with Crippen molar-refractivity contribution >= 4 is 35.2 Å². The Bertz CT molecular complexity index is 894. The number of halogens is 1. The van der Waals surface area contributed by atoms with Gasteiger partial charge in [0, 0.05) is 0 Å². The first kappa shape index (κ1) is 16.3. The zero-order chi connectivity index (χ0) is 18.1. The molecule has 0 spiro atoms. The lowest BCUT2D eigenvalue weighted by molar-refractivity contribution is -0.133. The predicted octanol–water partition coefficient (Wildman–Crippen LogP) is 2.11. The van der Waals surface area contributed by atoms with Gasteiger partial charge >= 0.3 is 23.8 Å². The number of esters is 1. The molecule has 4 amide bonds. The average Bonchev–Trinajstić information content (AvgIpc) is 2.84. The van der Waals surface area contributed by atoms with E-state index in [4.69, 9.17) is 0 Å². The number of rotatable bonds is 3. The molecule has 1 heterocycles. The number of benzene rings is 2. The van der Waals surface area contributed by atoms with E-state index in [-0.39, 0.29) is 16.9 Å². The van der Waals surface area contributed by atoms with Crippen LogP contribution in [0.15, 0.2) is 48.5 Å². The van der Waals surface area contributed by atoms with E-state index in [1.165, 1.54) is 36.4 Å². The molecule has 2 aromatic rings. The third-order valence-corrected chi connectivity index (χ3v) is 3.61. The number of hydrogen-bond acceptors (Lipinski definition) is 5. The molecule has 0 aromatic heterocycles. The van der Waals surface area contributed by atoms with Gasteiger partial charge in [-0.2, -0.15) is 0 Å². The molecule has 1 aliphatic rings. The molecule has 126 valence electrons. The number of urea groups is 1. The van der Waals surface area contributed by atoms with Crippen molar-refractivity contribution in [3.05, 3.63) is 59.9 Å². The van der Waals surface area contributed by atoms with Crippen LogP contribution in [0, 0.1) is 5.82 Å². The van der Waals surface area contributed by atoms with Crippen LogP contribution in [0.5, 0.6) is 0 Å². The highest BCUT2D eigenvalue weighted by Gasteiger charge is 2.47. The molecule has 0 unspecified atom stereocenters. The lowest BCUT2D eigenvalue weighted by atomic mass is 10.1. The summed E-state index contributed by atoms with van der Waals surface area (Å²) in [6.45, 7) is 0. The highest BCUT2D eigenvalue weighted by atomic mass is 19.1. The molecular weight excluding hydrogens is 331 g/mol. The number of para-hydroxylation sites is 1. The van der Waals surface area contributed by atoms with Crippen LogP contribution in [-0.2, 0) is 14.3 Å². The van der Waals surface area contributed by atoms with Gasteiger partial charge in [-0.05, 0) is 36.4 Å². The van der Waals surface area contributed by atoms with Crippen molar-refractivity contribution in [2.45, 2.75) is 0 Å². The Morgan fingerprint density at radius 1 is 0.920 bits per heavy atom. The van der Waals surface area contributed by atoms with E-state index in [1.807, 2.05) is 0 Å². The van der Waals surface area contributed by atoms with Crippen molar-refractivity contribution in [3.8, 4) is 0 Å². The summed E-state index contributed by atoms with van der Waals surface area (Å²) in [4.78, 5) is 50.3. The average molecular weight is 342 g/mol. The smallest absolute Gasteiger partial charge is 0.343 e. The second kappa shape index (κ2) is 6.16. The van der Waals surface area contributed by atoms with Crippen molar-refractivity contribution in [3.63, 3.8) is 0 Å². The summed E-state index contributed by atoms with van der Waals surface area (Å²) >= 11 is 0. The maximum atomic E-state index is 13.0. The molecule has 0 N–H and O–H groups in total. The van der Waals surface area contributed by atoms with E-state index in [0.717, 1.165) is 19.2 Å². The van der Waals surface area contributed by atoms with Crippen molar-refractivity contribution in [2.24, 2.45) is 0 Å². The van der Waals surface area contributed by atoms with Gasteiger partial charge in [-0.15, -0.1) is 0 Å². The monoisotopic (exact) mass is 342 g/mol. The van der Waals surface area contributed by atoms with Crippen LogP contribution in [0.2, 0.25) is 0 Å². The zero-order valence-electron chi connectivity index (χ0n) is 12.9. The largest absolute Gasteiger partial charge is 0.465 e. The molecule has 2 aromatic carbocycles. The van der Waals surface area contributed by atoms with E-state index >= 15 is 0 Å². The van der Waals surface area contributed by atoms with Gasteiger partial charge in [-0.3, -0.25) is 9.59 Å². The third-order valence-electron chi connectivity index (χ3n) is 3.61. The Morgan fingerprint density at radius 2 is 1.52 bits per heavy atom. The summed E-state index contributed by atoms with van der Waals surface area (Å²) in [6, 6.07) is 9.32. The standard InChI is InChI=1S/C17H11FN2O5/c1-25-16(23)12-4-2-3-5-13(12)20-15(22)14(21)19(17(20)24)11-8-6-10(18)7-9-11/h2-9H,1H3. The SMILES string of the molecule is COC(=O)c1ccccc1N1C(=O)C(=O)N(c2ccc(F)cc2)C1=O. The van der Waals surface area contributed by atoms with Gasteiger partial charge in [0.05, 0.1) is 24.0 Å². The number of amides is 4. The molecule has 1 saturated heterocycles. The van der Waals surface area contributed by atoms with E-state index < -0.39 is 29.6 Å². The van der Waals surface area contributed by atoms with Crippen LogP contribution in [0.4, 0.5) is 20.6 Å². The van der Waals surface area contributed by atoms with Gasteiger partial charge in [-0.25, -0.2) is 23.8 Å². The number of nitrogens with zero attached hydrogens (tertiary/aromatic N) is 2. The van der Waals surface area contributed by atoms with Crippen molar-refractivity contribution in [2.75, 3.05) is 16.9 Å². The molecule has 1 fully saturated rings. The first-order chi connectivity index (χ1) is 12.0. The fraction of sp³-hybridized carbons (Fsp3) is 0.0588. The second-order valence-electron chi connectivity index (χ2n) is 5.05. The number of methoxy groups -OCH3 is 1. The minimum absolute atomic E-state index is 0.0412. The van der Waals surface area contributed by atoms with Crippen LogP contribution in [0.3, 0.4) is 0 Å². The maximum absolute atomic E-state index is 13.0. The maximum Gasteiger partial charge on any atom is 0.343 e. The summed E-state index contributed by atoms with van der Waals surface area (Å²) in [7, 11) is 1.16. The molecule has 8 heteroatoms. The van der Waals surface area contributed by atoms with Crippen LogP contribution in [-0.4, -0.2) is 30.9 Å². The van der Waals surface area contributed by atoms with Gasteiger partial charge in [0.1, 0.15) is 5.82 Å². The molecule has 0 bridgehead atoms. The Balaban J connectivity index is 2.06. The topological polar surface area (TPSA) is 84.0 Å². The summed E-state index contributed by atoms with van der Waals surface area (Å²) in [6.07, 6.45) is 0. The lowest BCUT2D eigenvalue weighted by Gasteiger charge is -2.17. The Morgan fingerprint density at radius 3 is 2.16 bits per heavy atom. The minimum atomic E-state index is -1.12. The molecule has 25 heavy (non-hydrogen) atoms. The summed E-state index contributed by atoms with van der Waals surface area (Å²) < 4.78 is 17.7. The summed E-state index contributed by atoms with van der Waals surface area (Å²) in [5.74, 6) is -3.53. The highest BCUT2D eigenvalue weighted by Crippen LogP contribution is 2.29. The second-order valence-corrected chi connectivity index (χ2v) is 5.05. The van der Waals surface area contributed by atoms with Crippen molar-refractivity contribution < 1.29 is 28.3 Å². The molecular formula is C17H11FN2O5. The number of hydrogen-bond donors (Lipinski definition) is 0. The molecule has 3 rings (SSSR count). The van der Waals surface area contributed by atoms with Gasteiger partial charge in [0.25, 0.3) is 0 Å². The number of ether oxygens (including phenoxy) is 1. The van der Waals surface area contributed by atoms with Crippen molar-refractivity contribution in [1.29, 1.82) is 0 Å². The zero-order valence-corrected chi connectivity index (χ0v) is 12.9. The number of anilines is 2. The number of carbonyl (C=O) groups excluding carboxylic acids is 4. The Kier molecular flexibility index (Phi) is 4.02. The highest BCUT2D eigenvalue weighted by molar-refractivity contribution is 6.60. The summed E-state index contributed by atoms with van der Waals surface area (Å²) in [5, 5.41) is 0. The van der Waals surface area contributed by atoms with Gasteiger partial charge < -0.3 is 4.74 Å². The Labute approximate surface area is 141 Å². The van der Waals surface area contributed by atoms with Crippen LogP contribution in [0.1, 0.15) is 10.4 Å². The molecule has 0 atom stereocenters. The van der Waals surface area contributed by atoms with Gasteiger partial charge in [-0.1, -0.05) is 12.1 Å². The fourth-order valence-electron chi connectivity index (χ4n) is 2.45. The fourth-order valence-corrected chi connectivity index (χ4v) is 2.45. The summed E-state index contributed by atoms with van der Waals surface area (Å²) in [5.41, 5.74) is -0.0643. The number of carbonyl (C=O) groups is 4. The Hall–Kier alpha value is -3.55. The quantitative estimate of drug-likeness (QED) is 0.485. The van der Waals surface area contributed by atoms with Gasteiger partial charge in [0.2, 0.25) is 0 Å². The third kappa shape index (κ3) is 2.63. The minimum Gasteiger partial charge on any atom is -0.465 e. The van der Waals surface area contributed by atoms with Gasteiger partial charge in [0.15, 0.2) is 0 Å². The van der Waals surface area contributed by atoms with E-state index in [1.54, 1.807) is 0 Å². The molecule has 7 nitrogen and oxygen atoms in total. The van der Waals surface area contributed by atoms with Crippen molar-refractivity contribution in [1.82, 2.24) is 0 Å². The first-order valence-electron chi connectivity index (χ1n) is 7.11. The first-order valence-corrected chi connectivity index (χ1v) is 7.11. The van der Waals surface area contributed by atoms with Crippen LogP contribution >= 0.6 is 0 Å². The van der Waals surface area contributed by atoms with Crippen LogP contribution < -0.4 is 9.80 Å². The molecule has 0 aliphatic carbocycles. The van der Waals surface area contributed by atoms with E-state index in [2.05, 4.69) is 4.74 Å². The van der Waals surface area contributed by atoms with E-state index in [0.29, 0.717) is 9.80 Å². The lowest BCUT2D eigenvalue weighted by Crippen LogP contribution is -2.34. The number of imide groups is 2. The molecule has 0 saturated carbocycles. The molecule has 1 aliphatic heterocycles.